The molecule has 0 aromatic rings. The fraction of sp³-hybridized carbons (Fsp3) is 0.867. The summed E-state index contributed by atoms with van der Waals surface area (Å²) in [5.74, 6) is 0.907. The van der Waals surface area contributed by atoms with Gasteiger partial charge in [-0.2, -0.15) is 0 Å². The van der Waals surface area contributed by atoms with Crippen molar-refractivity contribution in [1.29, 1.82) is 0 Å². The van der Waals surface area contributed by atoms with Crippen LogP contribution in [0.2, 0.25) is 0 Å². The van der Waals surface area contributed by atoms with Gasteiger partial charge in [-0.25, -0.2) is 0 Å². The zero-order chi connectivity index (χ0) is 16.3. The maximum Gasteiger partial charge on any atom is 0.228 e. The molecular weight excluding hydrogens is 290 g/mol. The molecule has 0 bridgehead atoms. The Morgan fingerprint density at radius 2 is 1.57 bits per heavy atom. The predicted octanol–water partition coefficient (Wildman–Crippen LogP) is 1.40. The summed E-state index contributed by atoms with van der Waals surface area (Å²) in [4.78, 5) is 23.0. The van der Waals surface area contributed by atoms with Crippen molar-refractivity contribution in [3.63, 3.8) is 0 Å². The summed E-state index contributed by atoms with van der Waals surface area (Å²) in [6.07, 6.45) is 4.59. The van der Waals surface area contributed by atoms with E-state index in [4.69, 9.17) is 9.47 Å². The van der Waals surface area contributed by atoms with Crippen LogP contribution < -0.4 is 5.32 Å². The van der Waals surface area contributed by atoms with E-state index in [0.717, 1.165) is 0 Å². The smallest absolute Gasteiger partial charge is 0.228 e. The molecule has 0 aliphatic carbocycles. The van der Waals surface area contributed by atoms with E-state index >= 15 is 0 Å². The van der Waals surface area contributed by atoms with E-state index < -0.39 is 0 Å². The molecule has 0 saturated heterocycles. The van der Waals surface area contributed by atoms with Crippen molar-refractivity contribution in [2.24, 2.45) is 5.41 Å². The zero-order valence-electron chi connectivity index (χ0n) is 14.0. The molecule has 0 heterocycles. The van der Waals surface area contributed by atoms with Gasteiger partial charge in [0.15, 0.2) is 0 Å². The van der Waals surface area contributed by atoms with E-state index in [-0.39, 0.29) is 28.0 Å². The van der Waals surface area contributed by atoms with Crippen LogP contribution >= 0.6 is 10.9 Å². The van der Waals surface area contributed by atoms with E-state index in [9.17, 15) is 9.59 Å². The number of hydrogen-bond acceptors (Lipinski definition) is 4. The van der Waals surface area contributed by atoms with Crippen molar-refractivity contribution in [1.82, 2.24) is 5.32 Å². The van der Waals surface area contributed by atoms with Gasteiger partial charge in [0.1, 0.15) is 5.78 Å². The van der Waals surface area contributed by atoms with Crippen LogP contribution in [0.25, 0.3) is 0 Å². The molecule has 0 fully saturated rings. The molecule has 21 heavy (non-hydrogen) atoms. The molecule has 0 saturated carbocycles. The molecule has 126 valence electrons. The van der Waals surface area contributed by atoms with Crippen LogP contribution in [0.15, 0.2) is 0 Å². The fourth-order valence-electron chi connectivity index (χ4n) is 1.47. The molecule has 0 atom stereocenters. The van der Waals surface area contributed by atoms with Crippen LogP contribution in [0.3, 0.4) is 0 Å². The number of amides is 1. The SMILES string of the molecule is C[SH](C)CC(=O)NCCOCCOCCC(=O)C(C)(C)C. The van der Waals surface area contributed by atoms with Gasteiger partial charge in [-0.3, -0.25) is 20.5 Å². The summed E-state index contributed by atoms with van der Waals surface area (Å²) in [5.41, 5.74) is -0.296. The minimum Gasteiger partial charge on any atom is -0.379 e. The van der Waals surface area contributed by atoms with E-state index in [1.807, 2.05) is 20.8 Å². The van der Waals surface area contributed by atoms with Gasteiger partial charge in [0, 0.05) is 18.4 Å². The van der Waals surface area contributed by atoms with Crippen molar-refractivity contribution in [3.05, 3.63) is 0 Å². The number of ether oxygens (including phenoxy) is 2. The van der Waals surface area contributed by atoms with Crippen LogP contribution in [-0.4, -0.2) is 62.9 Å². The third kappa shape index (κ3) is 12.8. The molecule has 0 radical (unpaired) electrons. The van der Waals surface area contributed by atoms with E-state index in [1.54, 1.807) is 0 Å². The fourth-order valence-corrected chi connectivity index (χ4v) is 2.15. The Hall–Kier alpha value is -0.590. The predicted molar refractivity (Wildman–Crippen MR) is 89.4 cm³/mol. The third-order valence-electron chi connectivity index (χ3n) is 2.71. The van der Waals surface area contributed by atoms with E-state index in [1.165, 1.54) is 0 Å². The number of thiol groups is 1. The Balaban J connectivity index is 3.34. The summed E-state index contributed by atoms with van der Waals surface area (Å²) in [6.45, 7) is 8.14. The minimum atomic E-state index is -0.296. The molecule has 6 heteroatoms. The lowest BCUT2D eigenvalue weighted by atomic mass is 9.89. The molecule has 0 unspecified atom stereocenters. The van der Waals surface area contributed by atoms with Gasteiger partial charge >= 0.3 is 0 Å². The number of nitrogens with one attached hydrogen (secondary N) is 1. The topological polar surface area (TPSA) is 64.6 Å². The van der Waals surface area contributed by atoms with Crippen LogP contribution in [0.5, 0.6) is 0 Å². The first kappa shape index (κ1) is 20.4. The van der Waals surface area contributed by atoms with Crippen molar-refractivity contribution in [2.75, 3.05) is 51.2 Å². The molecule has 1 N–H and O–H groups in total. The highest BCUT2D eigenvalue weighted by Crippen LogP contribution is 2.16. The average molecular weight is 321 g/mol. The molecule has 1 amide bonds. The summed E-state index contributed by atoms with van der Waals surface area (Å²) >= 11 is 0. The largest absolute Gasteiger partial charge is 0.379 e. The van der Waals surface area contributed by atoms with Gasteiger partial charge in [-0.05, 0) is 12.5 Å². The Bertz CT molecular complexity index is 313. The van der Waals surface area contributed by atoms with E-state index in [0.29, 0.717) is 45.1 Å². The van der Waals surface area contributed by atoms with Gasteiger partial charge in [0.25, 0.3) is 0 Å². The monoisotopic (exact) mass is 321 g/mol. The molecule has 5 nitrogen and oxygen atoms in total. The van der Waals surface area contributed by atoms with Crippen molar-refractivity contribution < 1.29 is 19.1 Å². The quantitative estimate of drug-likeness (QED) is 0.446. The Morgan fingerprint density at radius 1 is 1.00 bits per heavy atom. The van der Waals surface area contributed by atoms with Gasteiger partial charge in [-0.1, -0.05) is 20.8 Å². The summed E-state index contributed by atoms with van der Waals surface area (Å²) in [6, 6.07) is 0. The molecule has 0 rings (SSSR count). The number of carbonyl (C=O) groups is 2. The molecule has 0 aliphatic heterocycles. The second-order valence-electron chi connectivity index (χ2n) is 6.24. The summed E-state index contributed by atoms with van der Waals surface area (Å²) < 4.78 is 10.7. The first-order valence-electron chi connectivity index (χ1n) is 7.33. The number of rotatable bonds is 11. The van der Waals surface area contributed by atoms with Crippen LogP contribution in [0, 0.1) is 5.41 Å². The first-order chi connectivity index (χ1) is 9.73. The highest BCUT2D eigenvalue weighted by atomic mass is 32.2. The number of carbonyl (C=O) groups excluding carboxylic acids is 2. The second kappa shape index (κ2) is 11.0. The lowest BCUT2D eigenvalue weighted by Gasteiger charge is -2.16. The standard InChI is InChI=1S/C15H31NO4S/c1-15(2,3)13(17)6-8-19-10-11-20-9-7-16-14(18)12-21(4)5/h21H,6-12H2,1-5H3,(H,16,18). The lowest BCUT2D eigenvalue weighted by molar-refractivity contribution is -0.127. The van der Waals surface area contributed by atoms with Crippen LogP contribution in [0.1, 0.15) is 27.2 Å². The highest BCUT2D eigenvalue weighted by molar-refractivity contribution is 8.16. The normalized spacial score (nSPS) is 12.1. The van der Waals surface area contributed by atoms with Crippen LogP contribution in [0.4, 0.5) is 0 Å². The van der Waals surface area contributed by atoms with Gasteiger partial charge in [0.2, 0.25) is 5.91 Å². The van der Waals surface area contributed by atoms with Crippen LogP contribution in [-0.2, 0) is 19.1 Å². The molecular formula is C15H31NO4S. The molecule has 0 aromatic carbocycles. The molecule has 0 aromatic heterocycles. The average Bonchev–Trinajstić information content (AvgIpc) is 2.34. The first-order valence-corrected chi connectivity index (χ1v) is 9.76. The van der Waals surface area contributed by atoms with Crippen molar-refractivity contribution in [3.8, 4) is 0 Å². The summed E-state index contributed by atoms with van der Waals surface area (Å²) in [7, 11) is -0.189. The number of Topliss-reactive ketones (excluding diaryl/α,β-unsaturated/α-hetero) is 1. The van der Waals surface area contributed by atoms with Gasteiger partial charge < -0.3 is 14.8 Å². The molecule has 0 aliphatic rings. The highest BCUT2D eigenvalue weighted by Gasteiger charge is 2.20. The van der Waals surface area contributed by atoms with E-state index in [2.05, 4.69) is 17.8 Å². The van der Waals surface area contributed by atoms with Gasteiger partial charge in [0.05, 0.1) is 32.2 Å². The number of hydrogen-bond donors (Lipinski definition) is 2. The maximum absolute atomic E-state index is 11.6. The summed E-state index contributed by atoms with van der Waals surface area (Å²) in [5, 5.41) is 2.81. The third-order valence-corrected chi connectivity index (χ3v) is 3.63. The Kier molecular flexibility index (Phi) is 10.7. The Labute approximate surface area is 131 Å². The zero-order valence-corrected chi connectivity index (χ0v) is 14.9. The van der Waals surface area contributed by atoms with Crippen molar-refractivity contribution >= 4 is 22.6 Å². The lowest BCUT2D eigenvalue weighted by Crippen LogP contribution is -2.29. The Morgan fingerprint density at radius 3 is 2.10 bits per heavy atom. The minimum absolute atomic E-state index is 0.0895. The molecule has 0 spiro atoms. The van der Waals surface area contributed by atoms with Crippen molar-refractivity contribution in [2.45, 2.75) is 27.2 Å². The maximum atomic E-state index is 11.6. The number of ketones is 1. The van der Waals surface area contributed by atoms with Gasteiger partial charge in [-0.15, -0.1) is 0 Å². The second-order valence-corrected chi connectivity index (χ2v) is 8.71.